The van der Waals surface area contributed by atoms with Gasteiger partial charge in [0.2, 0.25) is 0 Å². The van der Waals surface area contributed by atoms with Gasteiger partial charge in [-0.2, -0.15) is 5.10 Å². The number of amides is 1. The van der Waals surface area contributed by atoms with Crippen LogP contribution in [0.5, 0.6) is 0 Å². The van der Waals surface area contributed by atoms with E-state index >= 15 is 0 Å². The first-order valence-corrected chi connectivity index (χ1v) is 7.11. The van der Waals surface area contributed by atoms with Gasteiger partial charge >= 0.3 is 0 Å². The minimum absolute atomic E-state index is 0.0806. The van der Waals surface area contributed by atoms with E-state index in [0.717, 1.165) is 17.8 Å². The molecule has 1 aromatic carbocycles. The molecule has 0 saturated carbocycles. The van der Waals surface area contributed by atoms with Crippen molar-refractivity contribution in [1.29, 1.82) is 0 Å². The minimum Gasteiger partial charge on any atom is -0.352 e. The van der Waals surface area contributed by atoms with Crippen molar-refractivity contribution in [2.75, 3.05) is 6.54 Å². The number of pyridine rings is 1. The van der Waals surface area contributed by atoms with Crippen LogP contribution in [0.2, 0.25) is 0 Å². The van der Waals surface area contributed by atoms with E-state index in [1.54, 1.807) is 29.2 Å². The van der Waals surface area contributed by atoms with Crippen molar-refractivity contribution in [3.8, 4) is 5.69 Å². The first-order valence-electron chi connectivity index (χ1n) is 7.11. The second-order valence-electron chi connectivity index (χ2n) is 4.82. The molecule has 0 aliphatic heterocycles. The van der Waals surface area contributed by atoms with E-state index in [2.05, 4.69) is 15.4 Å². The Labute approximate surface area is 128 Å². The van der Waals surface area contributed by atoms with Crippen molar-refractivity contribution in [1.82, 2.24) is 20.1 Å². The number of benzene rings is 1. The molecule has 22 heavy (non-hydrogen) atoms. The van der Waals surface area contributed by atoms with Crippen molar-refractivity contribution in [2.45, 2.75) is 6.42 Å². The lowest BCUT2D eigenvalue weighted by Crippen LogP contribution is -2.25. The Balaban J connectivity index is 1.56. The zero-order chi connectivity index (χ0) is 15.2. The van der Waals surface area contributed by atoms with Crippen LogP contribution in [-0.4, -0.2) is 27.2 Å². The fraction of sp³-hybridized carbons (Fsp3) is 0.118. The van der Waals surface area contributed by atoms with Crippen molar-refractivity contribution in [3.05, 3.63) is 78.4 Å². The second kappa shape index (κ2) is 6.67. The molecule has 2 aromatic heterocycles. The number of carbonyl (C=O) groups is 1. The molecule has 0 atom stereocenters. The van der Waals surface area contributed by atoms with Gasteiger partial charge in [0.05, 0.1) is 5.69 Å². The highest BCUT2D eigenvalue weighted by molar-refractivity contribution is 5.94. The average Bonchev–Trinajstić information content (AvgIpc) is 3.10. The van der Waals surface area contributed by atoms with E-state index < -0.39 is 0 Å². The Morgan fingerprint density at radius 2 is 1.91 bits per heavy atom. The number of hydrogen-bond acceptors (Lipinski definition) is 3. The highest BCUT2D eigenvalue weighted by Gasteiger charge is 2.05. The topological polar surface area (TPSA) is 59.8 Å². The van der Waals surface area contributed by atoms with Gasteiger partial charge in [-0.3, -0.25) is 9.78 Å². The summed E-state index contributed by atoms with van der Waals surface area (Å²) in [5.41, 5.74) is 2.53. The molecule has 5 nitrogen and oxygen atoms in total. The molecule has 0 bridgehead atoms. The van der Waals surface area contributed by atoms with Crippen LogP contribution in [0, 0.1) is 0 Å². The third-order valence-corrected chi connectivity index (χ3v) is 3.29. The van der Waals surface area contributed by atoms with E-state index in [0.29, 0.717) is 12.1 Å². The van der Waals surface area contributed by atoms with E-state index in [-0.39, 0.29) is 5.91 Å². The van der Waals surface area contributed by atoms with Gasteiger partial charge in [-0.25, -0.2) is 4.68 Å². The third kappa shape index (κ3) is 3.38. The van der Waals surface area contributed by atoms with E-state index in [1.165, 1.54) is 0 Å². The van der Waals surface area contributed by atoms with Crippen LogP contribution >= 0.6 is 0 Å². The summed E-state index contributed by atoms with van der Waals surface area (Å²) >= 11 is 0. The molecule has 3 aromatic rings. The van der Waals surface area contributed by atoms with Gasteiger partial charge in [-0.15, -0.1) is 0 Å². The average molecular weight is 292 g/mol. The van der Waals surface area contributed by atoms with Crippen LogP contribution in [0.15, 0.2) is 67.1 Å². The Morgan fingerprint density at radius 1 is 1.05 bits per heavy atom. The lowest BCUT2D eigenvalue weighted by molar-refractivity contribution is 0.0954. The van der Waals surface area contributed by atoms with Gasteiger partial charge in [0.1, 0.15) is 0 Å². The summed E-state index contributed by atoms with van der Waals surface area (Å²) in [6, 6.07) is 15.0. The number of aromatic nitrogens is 3. The number of nitrogens with one attached hydrogen (secondary N) is 1. The van der Waals surface area contributed by atoms with Crippen LogP contribution in [0.1, 0.15) is 16.1 Å². The molecule has 110 valence electrons. The molecule has 2 heterocycles. The minimum atomic E-state index is -0.0806. The van der Waals surface area contributed by atoms with Crippen molar-refractivity contribution >= 4 is 5.91 Å². The van der Waals surface area contributed by atoms with Crippen molar-refractivity contribution < 1.29 is 4.79 Å². The van der Waals surface area contributed by atoms with Gasteiger partial charge in [-0.1, -0.05) is 6.07 Å². The molecule has 0 radical (unpaired) electrons. The SMILES string of the molecule is O=C(NCCc1ccccn1)c1ccc(-n2cccn2)cc1. The van der Waals surface area contributed by atoms with Crippen molar-refractivity contribution in [2.24, 2.45) is 0 Å². The molecule has 0 spiro atoms. The summed E-state index contributed by atoms with van der Waals surface area (Å²) in [6.07, 6.45) is 6.06. The highest BCUT2D eigenvalue weighted by Crippen LogP contribution is 2.08. The Bertz CT molecular complexity index is 721. The Morgan fingerprint density at radius 3 is 2.59 bits per heavy atom. The molecule has 3 rings (SSSR count). The summed E-state index contributed by atoms with van der Waals surface area (Å²) in [5, 5.41) is 7.05. The summed E-state index contributed by atoms with van der Waals surface area (Å²) in [7, 11) is 0. The first-order chi connectivity index (χ1) is 10.8. The summed E-state index contributed by atoms with van der Waals surface area (Å²) in [6.45, 7) is 0.566. The monoisotopic (exact) mass is 292 g/mol. The zero-order valence-corrected chi connectivity index (χ0v) is 12.0. The lowest BCUT2D eigenvalue weighted by atomic mass is 10.2. The maximum atomic E-state index is 12.1. The first kappa shape index (κ1) is 14.0. The van der Waals surface area contributed by atoms with Gasteiger partial charge in [0, 0.05) is 42.8 Å². The normalized spacial score (nSPS) is 10.4. The van der Waals surface area contributed by atoms with Gasteiger partial charge < -0.3 is 5.32 Å². The van der Waals surface area contributed by atoms with Crippen LogP contribution < -0.4 is 5.32 Å². The van der Waals surface area contributed by atoms with Crippen LogP contribution in [0.25, 0.3) is 5.69 Å². The highest BCUT2D eigenvalue weighted by atomic mass is 16.1. The van der Waals surface area contributed by atoms with E-state index in [9.17, 15) is 4.79 Å². The van der Waals surface area contributed by atoms with E-state index in [4.69, 9.17) is 0 Å². The van der Waals surface area contributed by atoms with Crippen LogP contribution in [-0.2, 0) is 6.42 Å². The molecular weight excluding hydrogens is 276 g/mol. The third-order valence-electron chi connectivity index (χ3n) is 3.29. The van der Waals surface area contributed by atoms with Gasteiger partial charge in [0.25, 0.3) is 5.91 Å². The molecule has 0 aliphatic rings. The standard InChI is InChI=1S/C17H16N4O/c22-17(19-12-9-15-4-1-2-10-18-15)14-5-7-16(8-6-14)21-13-3-11-20-21/h1-8,10-11,13H,9,12H2,(H,19,22). The lowest BCUT2D eigenvalue weighted by Gasteiger charge is -2.06. The fourth-order valence-corrected chi connectivity index (χ4v) is 2.14. The second-order valence-corrected chi connectivity index (χ2v) is 4.82. The zero-order valence-electron chi connectivity index (χ0n) is 12.0. The number of carbonyl (C=O) groups excluding carboxylic acids is 1. The molecule has 5 heteroatoms. The van der Waals surface area contributed by atoms with Crippen LogP contribution in [0.3, 0.4) is 0 Å². The molecule has 1 amide bonds. The molecular formula is C17H16N4O. The number of rotatable bonds is 5. The molecule has 0 fully saturated rings. The predicted octanol–water partition coefficient (Wildman–Crippen LogP) is 2.24. The Kier molecular flexibility index (Phi) is 4.25. The summed E-state index contributed by atoms with van der Waals surface area (Å²) < 4.78 is 1.75. The number of hydrogen-bond donors (Lipinski definition) is 1. The van der Waals surface area contributed by atoms with Crippen LogP contribution in [0.4, 0.5) is 0 Å². The molecule has 0 aliphatic carbocycles. The van der Waals surface area contributed by atoms with E-state index in [1.807, 2.05) is 42.6 Å². The smallest absolute Gasteiger partial charge is 0.251 e. The predicted molar refractivity (Wildman–Crippen MR) is 83.8 cm³/mol. The maximum Gasteiger partial charge on any atom is 0.251 e. The maximum absolute atomic E-state index is 12.1. The Hall–Kier alpha value is -2.95. The molecule has 0 unspecified atom stereocenters. The number of nitrogens with zero attached hydrogens (tertiary/aromatic N) is 3. The largest absolute Gasteiger partial charge is 0.352 e. The quantitative estimate of drug-likeness (QED) is 0.784. The molecule has 1 N–H and O–H groups in total. The summed E-state index contributed by atoms with van der Waals surface area (Å²) in [4.78, 5) is 16.3. The fourth-order valence-electron chi connectivity index (χ4n) is 2.14. The van der Waals surface area contributed by atoms with Gasteiger partial charge in [0.15, 0.2) is 0 Å². The van der Waals surface area contributed by atoms with Crippen molar-refractivity contribution in [3.63, 3.8) is 0 Å². The van der Waals surface area contributed by atoms with Gasteiger partial charge in [-0.05, 0) is 42.5 Å². The summed E-state index contributed by atoms with van der Waals surface area (Å²) in [5.74, 6) is -0.0806. The molecule has 0 saturated heterocycles.